The molecule has 2 nitrogen and oxygen atoms in total. The molecule has 0 saturated heterocycles. The van der Waals surface area contributed by atoms with Crippen LogP contribution in [0.4, 0.5) is 13.2 Å². The summed E-state index contributed by atoms with van der Waals surface area (Å²) in [6.45, 7) is 4.25. The summed E-state index contributed by atoms with van der Waals surface area (Å²) in [5.41, 5.74) is -1.29. The van der Waals surface area contributed by atoms with Gasteiger partial charge in [0.05, 0.1) is 15.2 Å². The van der Waals surface area contributed by atoms with E-state index in [1.807, 2.05) is 0 Å². The zero-order valence-corrected chi connectivity index (χ0v) is 11.0. The normalized spacial score (nSPS) is 13.7. The highest BCUT2D eigenvalue weighted by Gasteiger charge is 2.35. The monoisotopic (exact) mass is 276 g/mol. The average molecular weight is 276 g/mol. The highest BCUT2D eigenvalue weighted by Crippen LogP contribution is 2.32. The molecular weight excluding hydrogens is 264 g/mol. The largest absolute Gasteiger partial charge is 0.416 e. The van der Waals surface area contributed by atoms with Crippen LogP contribution in [0, 0.1) is 0 Å². The van der Waals surface area contributed by atoms with Gasteiger partial charge in [0.1, 0.15) is 7.85 Å². The predicted molar refractivity (Wildman–Crippen MR) is 63.8 cm³/mol. The van der Waals surface area contributed by atoms with Crippen LogP contribution in [0.25, 0.3) is 0 Å². The van der Waals surface area contributed by atoms with Crippen molar-refractivity contribution in [2.75, 3.05) is 0 Å². The second-order valence-electron chi connectivity index (χ2n) is 4.90. The molecule has 0 amide bonds. The Morgan fingerprint density at radius 2 is 1.56 bits per heavy atom. The fourth-order valence-electron chi connectivity index (χ4n) is 1.29. The van der Waals surface area contributed by atoms with E-state index in [4.69, 9.17) is 7.85 Å². The highest BCUT2D eigenvalue weighted by molar-refractivity contribution is 7.92. The SMILES string of the molecule is [B]c1cc(C(F)(F)F)cc(S(=O)(=O)C(C)(C)C)c1. The van der Waals surface area contributed by atoms with Crippen molar-refractivity contribution in [3.8, 4) is 0 Å². The number of benzene rings is 1. The maximum absolute atomic E-state index is 12.6. The molecule has 2 radical (unpaired) electrons. The van der Waals surface area contributed by atoms with Gasteiger partial charge >= 0.3 is 6.18 Å². The lowest BCUT2D eigenvalue weighted by Gasteiger charge is -2.20. The Morgan fingerprint density at radius 3 is 1.94 bits per heavy atom. The molecule has 0 aliphatic carbocycles. The standard InChI is InChI=1S/C11H12BF3O2S/c1-10(2,3)18(16,17)9-5-7(11(13,14)15)4-8(12)6-9/h4-6H,1-3H3. The Balaban J connectivity index is 3.51. The van der Waals surface area contributed by atoms with E-state index in [-0.39, 0.29) is 5.46 Å². The Hall–Kier alpha value is -0.975. The maximum Gasteiger partial charge on any atom is 0.416 e. The first-order valence-electron chi connectivity index (χ1n) is 5.08. The summed E-state index contributed by atoms with van der Waals surface area (Å²) in [7, 11) is 1.47. The van der Waals surface area contributed by atoms with E-state index in [0.717, 1.165) is 6.07 Å². The zero-order chi connectivity index (χ0) is 14.4. The third kappa shape index (κ3) is 2.88. The molecule has 1 aromatic rings. The molecular formula is C11H12BF3O2S. The van der Waals surface area contributed by atoms with Crippen LogP contribution < -0.4 is 5.46 Å². The molecule has 0 fully saturated rings. The van der Waals surface area contributed by atoms with Crippen molar-refractivity contribution in [3.63, 3.8) is 0 Å². The molecule has 0 spiro atoms. The fourth-order valence-corrected chi connectivity index (χ4v) is 2.57. The molecule has 98 valence electrons. The molecule has 0 bridgehead atoms. The van der Waals surface area contributed by atoms with Crippen LogP contribution in [0.15, 0.2) is 23.1 Å². The van der Waals surface area contributed by atoms with Crippen LogP contribution in [0.5, 0.6) is 0 Å². The second kappa shape index (κ2) is 4.29. The molecule has 0 unspecified atom stereocenters. The Bertz CT molecular complexity index is 557. The predicted octanol–water partition coefficient (Wildman–Crippen LogP) is 2.07. The van der Waals surface area contributed by atoms with Crippen molar-refractivity contribution in [2.45, 2.75) is 36.6 Å². The van der Waals surface area contributed by atoms with Gasteiger partial charge < -0.3 is 0 Å². The van der Waals surface area contributed by atoms with E-state index < -0.39 is 31.2 Å². The average Bonchev–Trinajstić information content (AvgIpc) is 2.13. The van der Waals surface area contributed by atoms with Crippen LogP contribution in [0.2, 0.25) is 0 Å². The molecule has 1 rings (SSSR count). The molecule has 18 heavy (non-hydrogen) atoms. The molecule has 0 aliphatic rings. The zero-order valence-electron chi connectivity index (χ0n) is 10.2. The quantitative estimate of drug-likeness (QED) is 0.736. The number of hydrogen-bond acceptors (Lipinski definition) is 2. The van der Waals surface area contributed by atoms with Crippen molar-refractivity contribution in [1.29, 1.82) is 0 Å². The van der Waals surface area contributed by atoms with Crippen molar-refractivity contribution < 1.29 is 21.6 Å². The number of sulfone groups is 1. The highest BCUT2D eigenvalue weighted by atomic mass is 32.2. The number of hydrogen-bond donors (Lipinski definition) is 0. The van der Waals surface area contributed by atoms with Crippen molar-refractivity contribution >= 4 is 23.1 Å². The summed E-state index contributed by atoms with van der Waals surface area (Å²) in [6, 6.07) is 2.36. The van der Waals surface area contributed by atoms with Gasteiger partial charge in [-0.3, -0.25) is 0 Å². The summed E-state index contributed by atoms with van der Waals surface area (Å²) < 4.78 is 60.7. The van der Waals surface area contributed by atoms with Crippen molar-refractivity contribution in [3.05, 3.63) is 23.8 Å². The van der Waals surface area contributed by atoms with Gasteiger partial charge in [-0.1, -0.05) is 17.6 Å². The first-order chi connectivity index (χ1) is 7.85. The first kappa shape index (κ1) is 15.1. The maximum atomic E-state index is 12.6. The molecule has 0 heterocycles. The van der Waals surface area contributed by atoms with E-state index in [2.05, 4.69) is 0 Å². The number of rotatable bonds is 1. The molecule has 0 saturated carbocycles. The third-order valence-electron chi connectivity index (χ3n) is 2.37. The minimum atomic E-state index is -4.63. The Morgan fingerprint density at radius 1 is 1.06 bits per heavy atom. The van der Waals surface area contributed by atoms with Crippen LogP contribution >= 0.6 is 0 Å². The summed E-state index contributed by atoms with van der Waals surface area (Å²) in [5.74, 6) is 0. The molecule has 0 aliphatic heterocycles. The molecule has 0 atom stereocenters. The summed E-state index contributed by atoms with van der Waals surface area (Å²) in [6.07, 6.45) is -4.63. The van der Waals surface area contributed by atoms with E-state index in [1.54, 1.807) is 0 Å². The lowest BCUT2D eigenvalue weighted by molar-refractivity contribution is -0.137. The molecule has 1 aromatic carbocycles. The van der Waals surface area contributed by atoms with Crippen molar-refractivity contribution in [2.24, 2.45) is 0 Å². The van der Waals surface area contributed by atoms with Crippen LogP contribution in [0.1, 0.15) is 26.3 Å². The first-order valence-corrected chi connectivity index (χ1v) is 6.56. The van der Waals surface area contributed by atoms with Gasteiger partial charge in [0.2, 0.25) is 0 Å². The molecule has 0 N–H and O–H groups in total. The van der Waals surface area contributed by atoms with E-state index in [0.29, 0.717) is 12.1 Å². The Kier molecular flexibility index (Phi) is 3.60. The van der Waals surface area contributed by atoms with Gasteiger partial charge in [-0.15, -0.1) is 0 Å². The molecule has 0 aromatic heterocycles. The summed E-state index contributed by atoms with van der Waals surface area (Å²) in [4.78, 5) is -0.415. The summed E-state index contributed by atoms with van der Waals surface area (Å²) in [5, 5.41) is 0. The van der Waals surface area contributed by atoms with E-state index in [1.165, 1.54) is 20.8 Å². The topological polar surface area (TPSA) is 34.1 Å². The van der Waals surface area contributed by atoms with Gasteiger partial charge in [0.25, 0.3) is 0 Å². The minimum absolute atomic E-state index is 0.229. The van der Waals surface area contributed by atoms with Gasteiger partial charge in [0, 0.05) is 0 Å². The lowest BCUT2D eigenvalue weighted by Crippen LogP contribution is -2.29. The fraction of sp³-hybridized carbons (Fsp3) is 0.455. The lowest BCUT2D eigenvalue weighted by atomic mass is 9.94. The summed E-state index contributed by atoms with van der Waals surface area (Å²) >= 11 is 0. The Labute approximate surface area is 106 Å². The van der Waals surface area contributed by atoms with E-state index in [9.17, 15) is 21.6 Å². The number of halogens is 3. The second-order valence-corrected chi connectivity index (χ2v) is 7.61. The number of alkyl halides is 3. The van der Waals surface area contributed by atoms with Gasteiger partial charge in [-0.25, -0.2) is 8.42 Å². The van der Waals surface area contributed by atoms with Crippen molar-refractivity contribution in [1.82, 2.24) is 0 Å². The van der Waals surface area contributed by atoms with Gasteiger partial charge in [-0.05, 0) is 26.8 Å². The van der Waals surface area contributed by atoms with Gasteiger partial charge in [-0.2, -0.15) is 13.2 Å². The minimum Gasteiger partial charge on any atom is -0.223 e. The smallest absolute Gasteiger partial charge is 0.223 e. The van der Waals surface area contributed by atoms with E-state index >= 15 is 0 Å². The van der Waals surface area contributed by atoms with Crippen LogP contribution in [-0.4, -0.2) is 21.0 Å². The van der Waals surface area contributed by atoms with Gasteiger partial charge in [0.15, 0.2) is 9.84 Å². The van der Waals surface area contributed by atoms with Crippen LogP contribution in [0.3, 0.4) is 0 Å². The molecule has 7 heteroatoms. The van der Waals surface area contributed by atoms with Crippen LogP contribution in [-0.2, 0) is 16.0 Å². The third-order valence-corrected chi connectivity index (χ3v) is 4.84.